The highest BCUT2D eigenvalue weighted by atomic mass is 79.9. The first kappa shape index (κ1) is 9.67. The summed E-state index contributed by atoms with van der Waals surface area (Å²) in [5.41, 5.74) is 0.0348. The van der Waals surface area contributed by atoms with Gasteiger partial charge in [0, 0.05) is 7.05 Å². The molecule has 0 bridgehead atoms. The van der Waals surface area contributed by atoms with Crippen LogP contribution in [0.5, 0.6) is 0 Å². The Labute approximate surface area is 88.0 Å². The second kappa shape index (κ2) is 3.36. The average Bonchev–Trinajstić information content (AvgIpc) is 2.23. The summed E-state index contributed by atoms with van der Waals surface area (Å²) < 4.78 is 8.27. The lowest BCUT2D eigenvalue weighted by molar-refractivity contribution is 0.0800. The molecular formula is C8H9BrN2O3. The molecular weight excluding hydrogens is 252 g/mol. The number of rotatable bonds is 0. The van der Waals surface area contributed by atoms with Crippen LogP contribution in [0.2, 0.25) is 0 Å². The molecule has 6 heteroatoms. The average molecular weight is 261 g/mol. The third kappa shape index (κ3) is 1.26. The lowest BCUT2D eigenvalue weighted by atomic mass is 10.3. The van der Waals surface area contributed by atoms with Crippen LogP contribution in [0.15, 0.2) is 14.1 Å². The van der Waals surface area contributed by atoms with Crippen molar-refractivity contribution in [2.24, 2.45) is 7.05 Å². The molecule has 76 valence electrons. The molecule has 0 saturated carbocycles. The molecule has 0 radical (unpaired) electrons. The first-order valence-corrected chi connectivity index (χ1v) is 4.98. The van der Waals surface area contributed by atoms with Gasteiger partial charge in [-0.05, 0) is 15.9 Å². The van der Waals surface area contributed by atoms with E-state index in [-0.39, 0.29) is 11.2 Å². The highest BCUT2D eigenvalue weighted by Crippen LogP contribution is 2.13. The highest BCUT2D eigenvalue weighted by molar-refractivity contribution is 9.10. The number of nitrogens with zero attached hydrogens (tertiary/aromatic N) is 2. The smallest absolute Gasteiger partial charge is 0.331 e. The van der Waals surface area contributed by atoms with Gasteiger partial charge in [-0.1, -0.05) is 0 Å². The summed E-state index contributed by atoms with van der Waals surface area (Å²) in [5.74, 6) is 0. The summed E-state index contributed by atoms with van der Waals surface area (Å²) in [6.07, 6.45) is 0. The van der Waals surface area contributed by atoms with E-state index in [4.69, 9.17) is 4.74 Å². The van der Waals surface area contributed by atoms with Gasteiger partial charge in [0.15, 0.2) is 0 Å². The Bertz CT molecular complexity index is 489. The van der Waals surface area contributed by atoms with Crippen molar-refractivity contribution in [2.45, 2.75) is 13.2 Å². The molecule has 1 aliphatic rings. The first-order valence-electron chi connectivity index (χ1n) is 4.19. The van der Waals surface area contributed by atoms with Crippen LogP contribution in [0.4, 0.5) is 0 Å². The molecule has 2 rings (SSSR count). The largest absolute Gasteiger partial charge is 0.373 e. The molecule has 0 fully saturated rings. The Morgan fingerprint density at radius 1 is 1.43 bits per heavy atom. The zero-order valence-corrected chi connectivity index (χ0v) is 9.20. The normalized spacial score (nSPS) is 15.3. The first-order chi connectivity index (χ1) is 6.63. The molecule has 1 aliphatic heterocycles. The zero-order valence-electron chi connectivity index (χ0n) is 7.62. The van der Waals surface area contributed by atoms with E-state index in [1.165, 1.54) is 7.05 Å². The van der Waals surface area contributed by atoms with Gasteiger partial charge in [-0.15, -0.1) is 0 Å². The summed E-state index contributed by atoms with van der Waals surface area (Å²) in [6.45, 7) is 1.32. The van der Waals surface area contributed by atoms with Crippen molar-refractivity contribution in [3.05, 3.63) is 31.0 Å². The Morgan fingerprint density at radius 2 is 2.14 bits per heavy atom. The monoisotopic (exact) mass is 260 g/mol. The molecule has 14 heavy (non-hydrogen) atoms. The summed E-state index contributed by atoms with van der Waals surface area (Å²) in [5, 5.41) is 0. The Kier molecular flexibility index (Phi) is 2.32. The quantitative estimate of drug-likeness (QED) is 0.652. The summed E-state index contributed by atoms with van der Waals surface area (Å²) >= 11 is 3.18. The minimum absolute atomic E-state index is 0.281. The van der Waals surface area contributed by atoms with Gasteiger partial charge in [-0.3, -0.25) is 13.9 Å². The number of hydrogen-bond donors (Lipinski definition) is 0. The second-order valence-electron chi connectivity index (χ2n) is 3.11. The molecule has 0 amide bonds. The number of fused-ring (bicyclic) bond motifs is 1. The van der Waals surface area contributed by atoms with E-state index in [0.29, 0.717) is 29.9 Å². The van der Waals surface area contributed by atoms with Crippen LogP contribution in [0.25, 0.3) is 0 Å². The van der Waals surface area contributed by atoms with E-state index in [0.717, 1.165) is 4.57 Å². The van der Waals surface area contributed by atoms with Gasteiger partial charge < -0.3 is 4.74 Å². The molecule has 0 N–H and O–H groups in total. The van der Waals surface area contributed by atoms with Crippen molar-refractivity contribution in [3.63, 3.8) is 0 Å². The Morgan fingerprint density at radius 3 is 2.86 bits per heavy atom. The Balaban J connectivity index is 2.85. The molecule has 1 aromatic rings. The minimum Gasteiger partial charge on any atom is -0.373 e. The third-order valence-electron chi connectivity index (χ3n) is 2.29. The lowest BCUT2D eigenvalue weighted by Crippen LogP contribution is -2.42. The summed E-state index contributed by atoms with van der Waals surface area (Å²) in [7, 11) is 1.47. The maximum Gasteiger partial charge on any atom is 0.331 e. The van der Waals surface area contributed by atoms with Crippen molar-refractivity contribution >= 4 is 15.9 Å². The van der Waals surface area contributed by atoms with Crippen LogP contribution in [0.1, 0.15) is 5.69 Å². The Hall–Kier alpha value is -0.880. The standard InChI is InChI=1S/C8H9BrN2O3/c1-10-7(12)6(9)5-4-14-3-2-11(5)8(10)13/h2-4H2,1H3. The fourth-order valence-corrected chi connectivity index (χ4v) is 2.06. The summed E-state index contributed by atoms with van der Waals surface area (Å²) in [6, 6.07) is 0. The fourth-order valence-electron chi connectivity index (χ4n) is 1.47. The van der Waals surface area contributed by atoms with Gasteiger partial charge in [0.2, 0.25) is 0 Å². The van der Waals surface area contributed by atoms with E-state index < -0.39 is 0 Å². The van der Waals surface area contributed by atoms with Gasteiger partial charge in [0.1, 0.15) is 4.47 Å². The molecule has 0 atom stereocenters. The van der Waals surface area contributed by atoms with Crippen molar-refractivity contribution in [1.82, 2.24) is 9.13 Å². The topological polar surface area (TPSA) is 53.2 Å². The molecule has 1 aromatic heterocycles. The van der Waals surface area contributed by atoms with E-state index in [9.17, 15) is 9.59 Å². The van der Waals surface area contributed by atoms with Gasteiger partial charge >= 0.3 is 5.69 Å². The van der Waals surface area contributed by atoms with Gasteiger partial charge in [-0.2, -0.15) is 0 Å². The van der Waals surface area contributed by atoms with Crippen LogP contribution in [0.3, 0.4) is 0 Å². The maximum atomic E-state index is 11.6. The lowest BCUT2D eigenvalue weighted by Gasteiger charge is -2.20. The number of halogens is 1. The molecule has 0 aromatic carbocycles. The molecule has 2 heterocycles. The number of ether oxygens (including phenoxy) is 1. The van der Waals surface area contributed by atoms with Crippen LogP contribution in [-0.4, -0.2) is 15.7 Å². The van der Waals surface area contributed by atoms with E-state index >= 15 is 0 Å². The maximum absolute atomic E-state index is 11.6. The van der Waals surface area contributed by atoms with Crippen LogP contribution >= 0.6 is 15.9 Å². The zero-order chi connectivity index (χ0) is 10.3. The number of aromatic nitrogens is 2. The molecule has 0 saturated heterocycles. The predicted molar refractivity (Wildman–Crippen MR) is 53.3 cm³/mol. The van der Waals surface area contributed by atoms with Gasteiger partial charge in [0.05, 0.1) is 25.5 Å². The molecule has 0 spiro atoms. The third-order valence-corrected chi connectivity index (χ3v) is 3.08. The van der Waals surface area contributed by atoms with Crippen molar-refractivity contribution in [1.29, 1.82) is 0 Å². The van der Waals surface area contributed by atoms with Crippen molar-refractivity contribution in [2.75, 3.05) is 6.61 Å². The SMILES string of the molecule is Cn1c(=O)c(Br)c2n(c1=O)CCOC2. The minimum atomic E-state index is -0.313. The van der Waals surface area contributed by atoms with Crippen molar-refractivity contribution < 1.29 is 4.74 Å². The van der Waals surface area contributed by atoms with Crippen LogP contribution in [0, 0.1) is 0 Å². The molecule has 0 unspecified atom stereocenters. The molecule has 0 aliphatic carbocycles. The van der Waals surface area contributed by atoms with E-state index in [1.54, 1.807) is 4.57 Å². The van der Waals surface area contributed by atoms with E-state index in [2.05, 4.69) is 15.9 Å². The molecule has 5 nitrogen and oxygen atoms in total. The number of hydrogen-bond acceptors (Lipinski definition) is 3. The highest BCUT2D eigenvalue weighted by Gasteiger charge is 2.18. The van der Waals surface area contributed by atoms with E-state index in [1.807, 2.05) is 0 Å². The van der Waals surface area contributed by atoms with Crippen LogP contribution < -0.4 is 11.2 Å². The predicted octanol–water partition coefficient (Wildman–Crippen LogP) is -0.160. The van der Waals surface area contributed by atoms with Gasteiger partial charge in [-0.25, -0.2) is 4.79 Å². The second-order valence-corrected chi connectivity index (χ2v) is 3.90. The fraction of sp³-hybridized carbons (Fsp3) is 0.500. The van der Waals surface area contributed by atoms with Gasteiger partial charge in [0.25, 0.3) is 5.56 Å². The van der Waals surface area contributed by atoms with Crippen molar-refractivity contribution in [3.8, 4) is 0 Å². The summed E-state index contributed by atoms with van der Waals surface area (Å²) in [4.78, 5) is 23.1. The van der Waals surface area contributed by atoms with Crippen LogP contribution in [-0.2, 0) is 24.9 Å².